The summed E-state index contributed by atoms with van der Waals surface area (Å²) in [6.07, 6.45) is 0.753. The molecule has 3 nitrogen and oxygen atoms in total. The lowest BCUT2D eigenvalue weighted by Crippen LogP contribution is -2.17. The van der Waals surface area contributed by atoms with Crippen LogP contribution in [-0.4, -0.2) is 8.42 Å². The van der Waals surface area contributed by atoms with E-state index in [1.54, 1.807) is 6.07 Å². The highest BCUT2D eigenvalue weighted by Crippen LogP contribution is 2.27. The van der Waals surface area contributed by atoms with Crippen molar-refractivity contribution in [3.63, 3.8) is 0 Å². The molecule has 0 amide bonds. The molecule has 2 aromatic carbocycles. The van der Waals surface area contributed by atoms with Crippen LogP contribution in [0.5, 0.6) is 0 Å². The number of hydrogen-bond donors (Lipinski definition) is 1. The largest absolute Gasteiger partial charge is 0.279 e. The third kappa shape index (κ3) is 3.52. The molecular weight excluding hydrogens is 362 g/mol. The van der Waals surface area contributed by atoms with Crippen molar-refractivity contribution in [3.8, 4) is 0 Å². The smallest absolute Gasteiger partial charge is 0.262 e. The Bertz CT molecular complexity index is 790. The molecule has 0 atom stereocenters. The van der Waals surface area contributed by atoms with Crippen LogP contribution >= 0.6 is 15.9 Å². The normalized spacial score (nSPS) is 11.5. The van der Waals surface area contributed by atoms with Crippen molar-refractivity contribution in [1.29, 1.82) is 0 Å². The summed E-state index contributed by atoms with van der Waals surface area (Å²) in [5.41, 5.74) is 4.18. The minimum Gasteiger partial charge on any atom is -0.279 e. The molecule has 0 aliphatic rings. The van der Waals surface area contributed by atoms with Crippen molar-refractivity contribution in [3.05, 3.63) is 57.1 Å². The minimum atomic E-state index is -3.60. The van der Waals surface area contributed by atoms with E-state index in [0.29, 0.717) is 10.6 Å². The van der Waals surface area contributed by atoms with E-state index in [4.69, 9.17) is 0 Å². The summed E-state index contributed by atoms with van der Waals surface area (Å²) in [5, 5.41) is 0. The first kappa shape index (κ1) is 17.0. The van der Waals surface area contributed by atoms with Crippen LogP contribution in [0.1, 0.15) is 29.2 Å². The predicted octanol–water partition coefficient (Wildman–Crippen LogP) is 4.74. The van der Waals surface area contributed by atoms with Crippen LogP contribution < -0.4 is 4.72 Å². The van der Waals surface area contributed by atoms with Crippen molar-refractivity contribution in [2.75, 3.05) is 4.72 Å². The van der Waals surface area contributed by atoms with Crippen molar-refractivity contribution in [2.24, 2.45) is 0 Å². The molecule has 0 spiro atoms. The van der Waals surface area contributed by atoms with Crippen LogP contribution in [0.2, 0.25) is 0 Å². The highest BCUT2D eigenvalue weighted by Gasteiger charge is 2.21. The van der Waals surface area contributed by atoms with E-state index in [2.05, 4.69) is 20.7 Å². The van der Waals surface area contributed by atoms with Crippen molar-refractivity contribution >= 4 is 31.6 Å². The Balaban J connectivity index is 2.49. The first-order valence-electron chi connectivity index (χ1n) is 7.13. The van der Waals surface area contributed by atoms with Gasteiger partial charge in [-0.1, -0.05) is 40.5 Å². The van der Waals surface area contributed by atoms with Crippen LogP contribution in [0, 0.1) is 20.8 Å². The summed E-state index contributed by atoms with van der Waals surface area (Å²) >= 11 is 3.42. The molecule has 0 unspecified atom stereocenters. The summed E-state index contributed by atoms with van der Waals surface area (Å²) in [6, 6.07) is 9.35. The Morgan fingerprint density at radius 2 is 1.64 bits per heavy atom. The van der Waals surface area contributed by atoms with Gasteiger partial charge in [-0.15, -0.1) is 0 Å². The first-order chi connectivity index (χ1) is 10.2. The second-order valence-corrected chi connectivity index (χ2v) is 8.02. The lowest BCUT2D eigenvalue weighted by Gasteiger charge is -2.16. The third-order valence-electron chi connectivity index (χ3n) is 3.57. The number of halogens is 1. The standard InChI is InChI=1S/C17H20BrNO2S/c1-5-14-10-15(18)6-7-16(14)19-22(20,21)17-12(3)8-11(2)9-13(17)4/h6-10,19H,5H2,1-4H3. The summed E-state index contributed by atoms with van der Waals surface area (Å²) in [7, 11) is -3.60. The van der Waals surface area contributed by atoms with Crippen molar-refractivity contribution < 1.29 is 8.42 Å². The molecule has 2 aromatic rings. The molecule has 22 heavy (non-hydrogen) atoms. The van der Waals surface area contributed by atoms with Gasteiger partial charge in [0.2, 0.25) is 0 Å². The van der Waals surface area contributed by atoms with E-state index in [1.165, 1.54) is 0 Å². The van der Waals surface area contributed by atoms with Gasteiger partial charge in [-0.05, 0) is 62.1 Å². The molecule has 0 saturated carbocycles. The third-order valence-corrected chi connectivity index (χ3v) is 5.73. The zero-order valence-electron chi connectivity index (χ0n) is 13.2. The molecule has 0 aliphatic carbocycles. The van der Waals surface area contributed by atoms with E-state index in [0.717, 1.165) is 33.1 Å². The van der Waals surface area contributed by atoms with Gasteiger partial charge in [-0.25, -0.2) is 8.42 Å². The second-order valence-electron chi connectivity index (χ2n) is 5.49. The van der Waals surface area contributed by atoms with Crippen molar-refractivity contribution in [1.82, 2.24) is 0 Å². The molecule has 2 rings (SSSR count). The van der Waals surface area contributed by atoms with E-state index in [1.807, 2.05) is 52.0 Å². The molecular formula is C17H20BrNO2S. The molecule has 0 aromatic heterocycles. The zero-order valence-corrected chi connectivity index (χ0v) is 15.6. The lowest BCUT2D eigenvalue weighted by atomic mass is 10.1. The Morgan fingerprint density at radius 1 is 1.05 bits per heavy atom. The van der Waals surface area contributed by atoms with Gasteiger partial charge in [0.1, 0.15) is 0 Å². The molecule has 0 bridgehead atoms. The number of aryl methyl sites for hydroxylation is 4. The molecule has 0 radical (unpaired) electrons. The van der Waals surface area contributed by atoms with E-state index < -0.39 is 10.0 Å². The number of rotatable bonds is 4. The minimum absolute atomic E-state index is 0.364. The quantitative estimate of drug-likeness (QED) is 0.831. The van der Waals surface area contributed by atoms with Gasteiger partial charge in [0, 0.05) is 4.47 Å². The van der Waals surface area contributed by atoms with Crippen LogP contribution in [0.4, 0.5) is 5.69 Å². The summed E-state index contributed by atoms with van der Waals surface area (Å²) in [4.78, 5) is 0.364. The topological polar surface area (TPSA) is 46.2 Å². The average molecular weight is 382 g/mol. The van der Waals surface area contributed by atoms with Crippen LogP contribution in [0.3, 0.4) is 0 Å². The van der Waals surface area contributed by atoms with Gasteiger partial charge < -0.3 is 0 Å². The van der Waals surface area contributed by atoms with Gasteiger partial charge in [-0.2, -0.15) is 0 Å². The van der Waals surface area contributed by atoms with Gasteiger partial charge in [0.25, 0.3) is 10.0 Å². The highest BCUT2D eigenvalue weighted by atomic mass is 79.9. The Morgan fingerprint density at radius 3 is 2.18 bits per heavy atom. The maximum Gasteiger partial charge on any atom is 0.262 e. The Kier molecular flexibility index (Phi) is 4.97. The highest BCUT2D eigenvalue weighted by molar-refractivity contribution is 9.10. The Labute approximate surface area is 140 Å². The molecule has 118 valence electrons. The maximum absolute atomic E-state index is 12.8. The first-order valence-corrected chi connectivity index (χ1v) is 9.41. The van der Waals surface area contributed by atoms with Crippen LogP contribution in [0.15, 0.2) is 39.7 Å². The number of nitrogens with one attached hydrogen (secondary N) is 1. The van der Waals surface area contributed by atoms with Crippen LogP contribution in [-0.2, 0) is 16.4 Å². The monoisotopic (exact) mass is 381 g/mol. The molecule has 5 heteroatoms. The van der Waals surface area contributed by atoms with Gasteiger partial charge >= 0.3 is 0 Å². The fraction of sp³-hybridized carbons (Fsp3) is 0.294. The van der Waals surface area contributed by atoms with E-state index in [9.17, 15) is 8.42 Å². The number of hydrogen-bond acceptors (Lipinski definition) is 2. The second kappa shape index (κ2) is 6.42. The molecule has 0 fully saturated rings. The van der Waals surface area contributed by atoms with Gasteiger partial charge in [0.05, 0.1) is 10.6 Å². The summed E-state index contributed by atoms with van der Waals surface area (Å²) in [5.74, 6) is 0. The molecule has 0 heterocycles. The maximum atomic E-state index is 12.8. The SMILES string of the molecule is CCc1cc(Br)ccc1NS(=O)(=O)c1c(C)cc(C)cc1C. The average Bonchev–Trinajstić information content (AvgIpc) is 2.38. The molecule has 0 aliphatic heterocycles. The fourth-order valence-corrected chi connectivity index (χ4v) is 4.71. The number of sulfonamides is 1. The predicted molar refractivity (Wildman–Crippen MR) is 95.0 cm³/mol. The van der Waals surface area contributed by atoms with Gasteiger partial charge in [-0.3, -0.25) is 4.72 Å². The van der Waals surface area contributed by atoms with Gasteiger partial charge in [0.15, 0.2) is 0 Å². The molecule has 0 saturated heterocycles. The zero-order chi connectivity index (χ0) is 16.5. The van der Waals surface area contributed by atoms with Crippen molar-refractivity contribution in [2.45, 2.75) is 39.0 Å². The fourth-order valence-electron chi connectivity index (χ4n) is 2.74. The molecule has 1 N–H and O–H groups in total. The van der Waals surface area contributed by atoms with E-state index >= 15 is 0 Å². The number of anilines is 1. The van der Waals surface area contributed by atoms with Crippen LogP contribution in [0.25, 0.3) is 0 Å². The van der Waals surface area contributed by atoms with E-state index in [-0.39, 0.29) is 0 Å². The Hall–Kier alpha value is -1.33. The summed E-state index contributed by atoms with van der Waals surface area (Å²) < 4.78 is 29.2. The summed E-state index contributed by atoms with van der Waals surface area (Å²) in [6.45, 7) is 7.63. The lowest BCUT2D eigenvalue weighted by molar-refractivity contribution is 0.600. The number of benzene rings is 2.